The summed E-state index contributed by atoms with van der Waals surface area (Å²) in [5.74, 6) is 1.36. The highest BCUT2D eigenvalue weighted by Crippen LogP contribution is 2.19. The normalized spacial score (nSPS) is 11.6. The maximum Gasteiger partial charge on any atom is 0.0247 e. The smallest absolute Gasteiger partial charge is 0.0247 e. The summed E-state index contributed by atoms with van der Waals surface area (Å²) < 4.78 is 2.44. The molecule has 0 radical (unpaired) electrons. The fraction of sp³-hybridized carbons (Fsp3) is 0.667. The molecule has 0 atom stereocenters. The minimum absolute atomic E-state index is 0.632. The Labute approximate surface area is 81.8 Å². The van der Waals surface area contributed by atoms with Crippen molar-refractivity contribution in [3.63, 3.8) is 0 Å². The third-order valence-corrected chi connectivity index (χ3v) is 2.37. The highest BCUT2D eigenvalue weighted by Gasteiger charge is 2.08. The maximum atomic E-state index is 2.44. The van der Waals surface area contributed by atoms with E-state index in [1.165, 1.54) is 11.4 Å². The van der Waals surface area contributed by atoms with E-state index in [0.717, 1.165) is 12.5 Å². The van der Waals surface area contributed by atoms with Gasteiger partial charge in [-0.05, 0) is 30.9 Å². The number of nitrogens with zero attached hydrogens (tertiary/aromatic N) is 1. The first-order valence-corrected chi connectivity index (χ1v) is 5.18. The Balaban J connectivity index is 2.94. The molecule has 0 aliphatic carbocycles. The topological polar surface area (TPSA) is 4.93 Å². The van der Waals surface area contributed by atoms with Crippen LogP contribution in [0.4, 0.5) is 0 Å². The van der Waals surface area contributed by atoms with Gasteiger partial charge in [-0.15, -0.1) is 0 Å². The maximum absolute atomic E-state index is 2.44. The Kier molecular flexibility index (Phi) is 3.18. The second-order valence-corrected chi connectivity index (χ2v) is 4.56. The lowest BCUT2D eigenvalue weighted by Crippen LogP contribution is -2.10. The van der Waals surface area contributed by atoms with Crippen LogP contribution in [0.1, 0.15) is 45.0 Å². The molecule has 1 aromatic heterocycles. The van der Waals surface area contributed by atoms with Crippen molar-refractivity contribution in [2.24, 2.45) is 5.92 Å². The van der Waals surface area contributed by atoms with E-state index in [1.807, 2.05) is 0 Å². The van der Waals surface area contributed by atoms with E-state index in [0.29, 0.717) is 5.92 Å². The SMILES string of the molecule is Cc1ccc(C(C)C)n1CC(C)C. The average molecular weight is 179 g/mol. The zero-order valence-corrected chi connectivity index (χ0v) is 9.46. The standard InChI is InChI=1S/C12H21N/c1-9(2)8-13-11(5)6-7-12(13)10(3)4/h6-7,9-10H,8H2,1-5H3. The van der Waals surface area contributed by atoms with Gasteiger partial charge in [0.15, 0.2) is 0 Å². The van der Waals surface area contributed by atoms with Crippen molar-refractivity contribution >= 4 is 0 Å². The molecule has 0 amide bonds. The van der Waals surface area contributed by atoms with Gasteiger partial charge in [0.25, 0.3) is 0 Å². The molecule has 0 saturated carbocycles. The van der Waals surface area contributed by atoms with Crippen LogP contribution in [-0.2, 0) is 6.54 Å². The van der Waals surface area contributed by atoms with Gasteiger partial charge in [-0.3, -0.25) is 0 Å². The molecule has 74 valence electrons. The molecule has 0 aliphatic heterocycles. The predicted molar refractivity (Wildman–Crippen MR) is 58.1 cm³/mol. The molecule has 0 fully saturated rings. The van der Waals surface area contributed by atoms with Gasteiger partial charge in [0, 0.05) is 17.9 Å². The molecule has 0 spiro atoms. The first-order valence-electron chi connectivity index (χ1n) is 5.18. The van der Waals surface area contributed by atoms with Crippen LogP contribution < -0.4 is 0 Å². The molecule has 0 aliphatic rings. The van der Waals surface area contributed by atoms with Crippen LogP contribution in [0.5, 0.6) is 0 Å². The fourth-order valence-electron chi connectivity index (χ4n) is 1.71. The Morgan fingerprint density at radius 1 is 1.15 bits per heavy atom. The van der Waals surface area contributed by atoms with E-state index in [-0.39, 0.29) is 0 Å². The van der Waals surface area contributed by atoms with Crippen molar-refractivity contribution < 1.29 is 0 Å². The van der Waals surface area contributed by atoms with Crippen LogP contribution >= 0.6 is 0 Å². The Morgan fingerprint density at radius 2 is 1.77 bits per heavy atom. The van der Waals surface area contributed by atoms with Gasteiger partial charge in [0.1, 0.15) is 0 Å². The second kappa shape index (κ2) is 3.99. The molecule has 1 nitrogen and oxygen atoms in total. The third-order valence-electron chi connectivity index (χ3n) is 2.37. The van der Waals surface area contributed by atoms with Crippen LogP contribution in [0.25, 0.3) is 0 Å². The van der Waals surface area contributed by atoms with Gasteiger partial charge in [-0.25, -0.2) is 0 Å². The molecule has 0 saturated heterocycles. The largest absolute Gasteiger partial charge is 0.348 e. The van der Waals surface area contributed by atoms with Crippen molar-refractivity contribution in [1.29, 1.82) is 0 Å². The predicted octanol–water partition coefficient (Wildman–Crippen LogP) is 3.58. The van der Waals surface area contributed by atoms with Gasteiger partial charge in [-0.1, -0.05) is 27.7 Å². The Morgan fingerprint density at radius 3 is 2.23 bits per heavy atom. The highest BCUT2D eigenvalue weighted by molar-refractivity contribution is 5.18. The van der Waals surface area contributed by atoms with E-state index >= 15 is 0 Å². The summed E-state index contributed by atoms with van der Waals surface area (Å²) >= 11 is 0. The molecule has 1 rings (SSSR count). The molecule has 13 heavy (non-hydrogen) atoms. The molecule has 1 aromatic rings. The quantitative estimate of drug-likeness (QED) is 0.668. The lowest BCUT2D eigenvalue weighted by molar-refractivity contribution is 0.496. The summed E-state index contributed by atoms with van der Waals surface area (Å²) in [6, 6.07) is 4.47. The van der Waals surface area contributed by atoms with Crippen molar-refractivity contribution in [2.45, 2.75) is 47.1 Å². The van der Waals surface area contributed by atoms with Crippen molar-refractivity contribution in [3.05, 3.63) is 23.5 Å². The zero-order chi connectivity index (χ0) is 10.0. The van der Waals surface area contributed by atoms with Crippen LogP contribution in [0.3, 0.4) is 0 Å². The molecular formula is C12H21N. The number of hydrogen-bond acceptors (Lipinski definition) is 0. The first-order chi connectivity index (χ1) is 6.02. The number of aromatic nitrogens is 1. The van der Waals surface area contributed by atoms with Gasteiger partial charge in [0.2, 0.25) is 0 Å². The third kappa shape index (κ3) is 2.36. The van der Waals surface area contributed by atoms with Gasteiger partial charge < -0.3 is 4.57 Å². The first kappa shape index (κ1) is 10.4. The Hall–Kier alpha value is -0.720. The minimum Gasteiger partial charge on any atom is -0.348 e. The molecule has 1 heterocycles. The van der Waals surface area contributed by atoms with E-state index in [9.17, 15) is 0 Å². The van der Waals surface area contributed by atoms with Crippen molar-refractivity contribution in [2.75, 3.05) is 0 Å². The average Bonchev–Trinajstić information content (AvgIpc) is 2.32. The van der Waals surface area contributed by atoms with Crippen LogP contribution in [0, 0.1) is 12.8 Å². The highest BCUT2D eigenvalue weighted by atomic mass is 15.0. The molecule has 0 bridgehead atoms. The summed E-state index contributed by atoms with van der Waals surface area (Å²) in [6.07, 6.45) is 0. The monoisotopic (exact) mass is 179 g/mol. The molecule has 0 aromatic carbocycles. The molecule has 0 unspecified atom stereocenters. The minimum atomic E-state index is 0.632. The number of hydrogen-bond donors (Lipinski definition) is 0. The molecular weight excluding hydrogens is 158 g/mol. The Bertz CT molecular complexity index is 269. The van der Waals surface area contributed by atoms with Crippen LogP contribution in [0.2, 0.25) is 0 Å². The van der Waals surface area contributed by atoms with Gasteiger partial charge in [0.05, 0.1) is 0 Å². The number of aryl methyl sites for hydroxylation is 1. The van der Waals surface area contributed by atoms with E-state index in [2.05, 4.69) is 51.3 Å². The molecule has 1 heteroatoms. The summed E-state index contributed by atoms with van der Waals surface area (Å²) in [5.41, 5.74) is 2.85. The van der Waals surface area contributed by atoms with Crippen molar-refractivity contribution in [1.82, 2.24) is 4.57 Å². The summed E-state index contributed by atoms with van der Waals surface area (Å²) in [4.78, 5) is 0. The van der Waals surface area contributed by atoms with E-state index in [4.69, 9.17) is 0 Å². The number of rotatable bonds is 3. The van der Waals surface area contributed by atoms with Crippen LogP contribution in [-0.4, -0.2) is 4.57 Å². The van der Waals surface area contributed by atoms with Crippen molar-refractivity contribution in [3.8, 4) is 0 Å². The fourth-order valence-corrected chi connectivity index (χ4v) is 1.71. The summed E-state index contributed by atoms with van der Waals surface area (Å²) in [6.45, 7) is 12.4. The van der Waals surface area contributed by atoms with E-state index < -0.39 is 0 Å². The summed E-state index contributed by atoms with van der Waals surface area (Å²) in [5, 5.41) is 0. The van der Waals surface area contributed by atoms with Gasteiger partial charge >= 0.3 is 0 Å². The summed E-state index contributed by atoms with van der Waals surface area (Å²) in [7, 11) is 0. The van der Waals surface area contributed by atoms with E-state index in [1.54, 1.807) is 0 Å². The second-order valence-electron chi connectivity index (χ2n) is 4.56. The molecule has 0 N–H and O–H groups in total. The van der Waals surface area contributed by atoms with Gasteiger partial charge in [-0.2, -0.15) is 0 Å². The van der Waals surface area contributed by atoms with Crippen LogP contribution in [0.15, 0.2) is 12.1 Å². The lowest BCUT2D eigenvalue weighted by Gasteiger charge is -2.16. The zero-order valence-electron chi connectivity index (χ0n) is 9.46. The lowest BCUT2D eigenvalue weighted by atomic mass is 10.1.